The second-order valence-corrected chi connectivity index (χ2v) is 7.34. The van der Waals surface area contributed by atoms with Gasteiger partial charge in [0.25, 0.3) is 0 Å². The quantitative estimate of drug-likeness (QED) is 0.591. The van der Waals surface area contributed by atoms with Crippen LogP contribution < -0.4 is 0 Å². The average Bonchev–Trinajstić information content (AvgIpc) is 2.46. The summed E-state index contributed by atoms with van der Waals surface area (Å²) in [4.78, 5) is 12.3. The number of carbonyl (C=O) groups is 1. The first-order valence-electron chi connectivity index (χ1n) is 6.40. The molecule has 0 atom stereocenters. The molecule has 3 rings (SSSR count). The third kappa shape index (κ3) is 2.69. The number of hydrogen-bond acceptors (Lipinski definition) is 3. The van der Waals surface area contributed by atoms with Crippen LogP contribution in [0.4, 0.5) is 4.39 Å². The van der Waals surface area contributed by atoms with Gasteiger partial charge in [-0.3, -0.25) is 4.79 Å². The summed E-state index contributed by atoms with van der Waals surface area (Å²) < 4.78 is 37.8. The van der Waals surface area contributed by atoms with E-state index in [0.29, 0.717) is 10.6 Å². The van der Waals surface area contributed by atoms with Crippen LogP contribution >= 0.6 is 11.6 Å². The van der Waals surface area contributed by atoms with Gasteiger partial charge in [-0.2, -0.15) is 0 Å². The van der Waals surface area contributed by atoms with E-state index < -0.39 is 27.2 Å². The first-order valence-corrected chi connectivity index (χ1v) is 8.43. The molecule has 0 bridgehead atoms. The highest BCUT2D eigenvalue weighted by Crippen LogP contribution is 2.29. The minimum absolute atomic E-state index is 0.112. The van der Waals surface area contributed by atoms with Gasteiger partial charge in [0, 0.05) is 16.2 Å². The van der Waals surface area contributed by atoms with Crippen LogP contribution in [-0.4, -0.2) is 20.0 Å². The molecule has 0 fully saturated rings. The molecular weight excluding hydrogens is 327 g/mol. The van der Waals surface area contributed by atoms with Crippen molar-refractivity contribution in [1.82, 2.24) is 0 Å². The predicted molar refractivity (Wildman–Crippen MR) is 82.2 cm³/mol. The highest BCUT2D eigenvalue weighted by molar-refractivity contribution is 7.91. The first kappa shape index (κ1) is 14.9. The van der Waals surface area contributed by atoms with Gasteiger partial charge in [0.2, 0.25) is 0 Å². The highest BCUT2D eigenvalue weighted by Gasteiger charge is 2.32. The Hall–Kier alpha value is -1.98. The Balaban J connectivity index is 2.13. The third-order valence-corrected chi connectivity index (χ3v) is 5.34. The second-order valence-electron chi connectivity index (χ2n) is 4.95. The van der Waals surface area contributed by atoms with Crippen LogP contribution in [-0.2, 0) is 9.84 Å². The van der Waals surface area contributed by atoms with E-state index in [1.807, 2.05) is 0 Å². The van der Waals surface area contributed by atoms with Crippen molar-refractivity contribution in [3.63, 3.8) is 0 Å². The van der Waals surface area contributed by atoms with Crippen LogP contribution in [0, 0.1) is 5.82 Å². The molecule has 0 aliphatic carbocycles. The smallest absolute Gasteiger partial charge is 0.191 e. The lowest BCUT2D eigenvalue weighted by Crippen LogP contribution is -2.24. The molecule has 2 aromatic rings. The molecule has 0 N–H and O–H groups in total. The van der Waals surface area contributed by atoms with Gasteiger partial charge in [-0.15, -0.1) is 0 Å². The molecule has 0 spiro atoms. The van der Waals surface area contributed by atoms with Crippen molar-refractivity contribution in [2.24, 2.45) is 0 Å². The normalized spacial score (nSPS) is 18.3. The molecule has 3 nitrogen and oxygen atoms in total. The zero-order valence-electron chi connectivity index (χ0n) is 11.2. The summed E-state index contributed by atoms with van der Waals surface area (Å²) in [6, 6.07) is 9.78. The minimum atomic E-state index is -3.65. The van der Waals surface area contributed by atoms with Gasteiger partial charge in [-0.25, -0.2) is 12.8 Å². The summed E-state index contributed by atoms with van der Waals surface area (Å²) >= 11 is 5.79. The number of carbonyl (C=O) groups excluding carboxylic acids is 1. The summed E-state index contributed by atoms with van der Waals surface area (Å²) in [7, 11) is -3.65. The van der Waals surface area contributed by atoms with E-state index in [1.54, 1.807) is 24.3 Å². The average molecular weight is 337 g/mol. The fourth-order valence-electron chi connectivity index (χ4n) is 2.34. The first-order chi connectivity index (χ1) is 10.4. The number of sulfone groups is 1. The van der Waals surface area contributed by atoms with Gasteiger partial charge in [-0.1, -0.05) is 23.7 Å². The molecular formula is C16H10ClFO3S. The van der Waals surface area contributed by atoms with Crippen molar-refractivity contribution < 1.29 is 17.6 Å². The van der Waals surface area contributed by atoms with E-state index in [0.717, 1.165) is 18.2 Å². The Morgan fingerprint density at radius 3 is 2.45 bits per heavy atom. The predicted octanol–water partition coefficient (Wildman–Crippen LogP) is 3.53. The van der Waals surface area contributed by atoms with Gasteiger partial charge in [0.05, 0.1) is 10.6 Å². The van der Waals surface area contributed by atoms with Crippen LogP contribution in [0.3, 0.4) is 0 Å². The zero-order valence-corrected chi connectivity index (χ0v) is 12.8. The topological polar surface area (TPSA) is 51.2 Å². The molecule has 0 amide bonds. The Labute approximate surface area is 132 Å². The van der Waals surface area contributed by atoms with E-state index in [4.69, 9.17) is 11.6 Å². The Bertz CT molecular complexity index is 899. The van der Waals surface area contributed by atoms with Gasteiger partial charge in [0.15, 0.2) is 15.6 Å². The molecule has 0 aromatic heterocycles. The lowest BCUT2D eigenvalue weighted by Gasteiger charge is -2.18. The Morgan fingerprint density at radius 2 is 1.77 bits per heavy atom. The summed E-state index contributed by atoms with van der Waals surface area (Å²) in [6.45, 7) is 0. The molecule has 112 valence electrons. The van der Waals surface area contributed by atoms with Crippen molar-refractivity contribution in [1.29, 1.82) is 0 Å². The van der Waals surface area contributed by atoms with Gasteiger partial charge in [-0.05, 0) is 42.0 Å². The van der Waals surface area contributed by atoms with Crippen molar-refractivity contribution in [3.8, 4) is 0 Å². The van der Waals surface area contributed by atoms with E-state index >= 15 is 0 Å². The van der Waals surface area contributed by atoms with Crippen LogP contribution in [0.2, 0.25) is 5.02 Å². The molecule has 22 heavy (non-hydrogen) atoms. The van der Waals surface area contributed by atoms with Crippen LogP contribution in [0.25, 0.3) is 6.08 Å². The lowest BCUT2D eigenvalue weighted by molar-refractivity contribution is 0.103. The van der Waals surface area contributed by atoms with Crippen molar-refractivity contribution in [2.75, 3.05) is 5.75 Å². The molecule has 0 saturated carbocycles. The Kier molecular flexibility index (Phi) is 3.62. The number of fused-ring (bicyclic) bond motifs is 1. The van der Waals surface area contributed by atoms with Gasteiger partial charge >= 0.3 is 0 Å². The second kappa shape index (κ2) is 5.34. The van der Waals surface area contributed by atoms with Gasteiger partial charge < -0.3 is 0 Å². The maximum Gasteiger partial charge on any atom is 0.191 e. The number of benzene rings is 2. The highest BCUT2D eigenvalue weighted by atomic mass is 35.5. The maximum absolute atomic E-state index is 13.3. The molecule has 0 saturated heterocycles. The standard InChI is InChI=1S/C16H10ClFO3S/c17-12-3-1-10(2-4-12)7-11-9-22(20,21)15-6-5-13(18)8-14(15)16(11)19/h1-8H,9H2/b11-7-. The van der Waals surface area contributed by atoms with Crippen molar-refractivity contribution in [2.45, 2.75) is 4.90 Å². The molecule has 0 unspecified atom stereocenters. The molecule has 0 radical (unpaired) electrons. The van der Waals surface area contributed by atoms with E-state index in [9.17, 15) is 17.6 Å². The van der Waals surface area contributed by atoms with Crippen LogP contribution in [0.1, 0.15) is 15.9 Å². The molecule has 2 aromatic carbocycles. The van der Waals surface area contributed by atoms with Crippen molar-refractivity contribution in [3.05, 3.63) is 70.0 Å². The number of ketones is 1. The summed E-state index contributed by atoms with van der Waals surface area (Å²) in [5, 5.41) is 0.539. The lowest BCUT2D eigenvalue weighted by atomic mass is 10.0. The van der Waals surface area contributed by atoms with Crippen molar-refractivity contribution >= 4 is 33.3 Å². The SMILES string of the molecule is O=C1/C(=C\c2ccc(Cl)cc2)CS(=O)(=O)c2ccc(F)cc21. The Morgan fingerprint density at radius 1 is 1.09 bits per heavy atom. The minimum Gasteiger partial charge on any atom is -0.289 e. The molecule has 1 aliphatic rings. The zero-order chi connectivity index (χ0) is 15.9. The monoisotopic (exact) mass is 336 g/mol. The van der Waals surface area contributed by atoms with E-state index in [2.05, 4.69) is 0 Å². The van der Waals surface area contributed by atoms with Crippen LogP contribution in [0.5, 0.6) is 0 Å². The summed E-state index contributed by atoms with van der Waals surface area (Å²) in [6.07, 6.45) is 1.49. The fraction of sp³-hybridized carbons (Fsp3) is 0.0625. The van der Waals surface area contributed by atoms with Gasteiger partial charge in [0.1, 0.15) is 5.82 Å². The number of hydrogen-bond donors (Lipinski definition) is 0. The number of rotatable bonds is 1. The summed E-state index contributed by atoms with van der Waals surface area (Å²) in [5.74, 6) is -1.51. The fourth-order valence-corrected chi connectivity index (χ4v) is 4.01. The number of Topliss-reactive ketones (excluding diaryl/α,β-unsaturated/α-hetero) is 1. The molecule has 1 heterocycles. The molecule has 1 aliphatic heterocycles. The van der Waals surface area contributed by atoms with E-state index in [-0.39, 0.29) is 16.0 Å². The van der Waals surface area contributed by atoms with Crippen LogP contribution in [0.15, 0.2) is 52.9 Å². The maximum atomic E-state index is 13.3. The molecule has 6 heteroatoms. The number of halogens is 2. The van der Waals surface area contributed by atoms with E-state index in [1.165, 1.54) is 6.08 Å². The summed E-state index contributed by atoms with van der Waals surface area (Å²) in [5.41, 5.74) is 0.648. The third-order valence-electron chi connectivity index (χ3n) is 3.37. The largest absolute Gasteiger partial charge is 0.289 e.